The fourth-order valence-corrected chi connectivity index (χ4v) is 4.02. The van der Waals surface area contributed by atoms with E-state index in [4.69, 9.17) is 4.74 Å². The summed E-state index contributed by atoms with van der Waals surface area (Å²) in [4.78, 5) is 0. The zero-order chi connectivity index (χ0) is 14.5. The van der Waals surface area contributed by atoms with Gasteiger partial charge in [0.2, 0.25) is 0 Å². The summed E-state index contributed by atoms with van der Waals surface area (Å²) < 4.78 is 18.7. The maximum atomic E-state index is 13.7. The molecule has 1 N–H and O–H groups in total. The molecule has 20 heavy (non-hydrogen) atoms. The third-order valence-electron chi connectivity index (χ3n) is 3.95. The molecule has 0 heterocycles. The number of ether oxygens (including phenoxy) is 1. The number of benzene rings is 1. The average Bonchev–Trinajstić information content (AvgIpc) is 2.86. The van der Waals surface area contributed by atoms with Crippen molar-refractivity contribution in [3.05, 3.63) is 29.6 Å². The molecule has 0 bridgehead atoms. The van der Waals surface area contributed by atoms with Crippen molar-refractivity contribution in [3.63, 3.8) is 0 Å². The summed E-state index contributed by atoms with van der Waals surface area (Å²) in [6.07, 6.45) is 3.74. The van der Waals surface area contributed by atoms with Gasteiger partial charge in [-0.2, -0.15) is 11.8 Å². The largest absolute Gasteiger partial charge is 0.494 e. The van der Waals surface area contributed by atoms with Crippen molar-refractivity contribution in [3.8, 4) is 5.75 Å². The van der Waals surface area contributed by atoms with E-state index in [0.29, 0.717) is 11.8 Å². The average molecular weight is 297 g/mol. The van der Waals surface area contributed by atoms with E-state index >= 15 is 0 Å². The van der Waals surface area contributed by atoms with Crippen molar-refractivity contribution in [2.45, 2.75) is 50.4 Å². The number of halogens is 1. The van der Waals surface area contributed by atoms with Crippen LogP contribution >= 0.6 is 11.8 Å². The monoisotopic (exact) mass is 297 g/mol. The van der Waals surface area contributed by atoms with Gasteiger partial charge in [-0.25, -0.2) is 4.39 Å². The Balaban J connectivity index is 1.92. The third-order valence-corrected chi connectivity index (χ3v) is 5.18. The van der Waals surface area contributed by atoms with Crippen LogP contribution in [0.1, 0.15) is 44.7 Å². The molecule has 4 heteroatoms. The van der Waals surface area contributed by atoms with E-state index in [9.17, 15) is 4.39 Å². The molecule has 2 rings (SSSR count). The minimum atomic E-state index is -0.288. The zero-order valence-corrected chi connectivity index (χ0v) is 13.3. The Morgan fingerprint density at radius 1 is 1.45 bits per heavy atom. The van der Waals surface area contributed by atoms with E-state index in [0.717, 1.165) is 10.8 Å². The predicted molar refractivity (Wildman–Crippen MR) is 84.1 cm³/mol. The highest BCUT2D eigenvalue weighted by atomic mass is 32.2. The first kappa shape index (κ1) is 15.6. The molecule has 0 saturated heterocycles. The van der Waals surface area contributed by atoms with Crippen molar-refractivity contribution < 1.29 is 9.13 Å². The number of rotatable bonds is 6. The van der Waals surface area contributed by atoms with Crippen molar-refractivity contribution in [1.82, 2.24) is 5.32 Å². The molecule has 1 aromatic rings. The highest BCUT2D eigenvalue weighted by Gasteiger charge is 2.25. The predicted octanol–water partition coefficient (Wildman–Crippen LogP) is 4.16. The smallest absolute Gasteiger partial charge is 0.165 e. The van der Waals surface area contributed by atoms with Crippen molar-refractivity contribution in [2.24, 2.45) is 0 Å². The van der Waals surface area contributed by atoms with Gasteiger partial charge < -0.3 is 10.1 Å². The van der Waals surface area contributed by atoms with Gasteiger partial charge in [0, 0.05) is 17.3 Å². The van der Waals surface area contributed by atoms with Gasteiger partial charge in [-0.05, 0) is 49.6 Å². The van der Waals surface area contributed by atoms with Crippen LogP contribution in [0.4, 0.5) is 4.39 Å². The molecule has 3 atom stereocenters. The fourth-order valence-electron chi connectivity index (χ4n) is 2.88. The zero-order valence-electron chi connectivity index (χ0n) is 12.5. The molecule has 2 nitrogen and oxygen atoms in total. The fraction of sp³-hybridized carbons (Fsp3) is 0.625. The Kier molecular flexibility index (Phi) is 5.73. The third kappa shape index (κ3) is 3.89. The number of hydrogen-bond donors (Lipinski definition) is 1. The van der Waals surface area contributed by atoms with E-state index in [2.05, 4.69) is 30.9 Å². The van der Waals surface area contributed by atoms with Gasteiger partial charge in [0.15, 0.2) is 11.6 Å². The van der Waals surface area contributed by atoms with Gasteiger partial charge in [-0.1, -0.05) is 13.0 Å². The van der Waals surface area contributed by atoms with Gasteiger partial charge >= 0.3 is 0 Å². The molecular weight excluding hydrogens is 273 g/mol. The first-order valence-electron chi connectivity index (χ1n) is 7.35. The molecule has 0 aliphatic heterocycles. The second kappa shape index (κ2) is 7.32. The standard InChI is InChI=1S/C16H24FNOS/c1-4-20-14-7-6-13(10-14)18-11(2)12-5-8-16(19-3)15(17)9-12/h5,8-9,11,13-14,18H,4,6-7,10H2,1-3H3. The normalized spacial score (nSPS) is 23.8. The Morgan fingerprint density at radius 2 is 2.25 bits per heavy atom. The lowest BCUT2D eigenvalue weighted by Crippen LogP contribution is -2.29. The minimum Gasteiger partial charge on any atom is -0.494 e. The lowest BCUT2D eigenvalue weighted by molar-refractivity contribution is 0.385. The maximum absolute atomic E-state index is 13.7. The molecule has 1 aromatic carbocycles. The molecule has 0 aromatic heterocycles. The Morgan fingerprint density at radius 3 is 2.90 bits per heavy atom. The molecule has 0 amide bonds. The summed E-state index contributed by atoms with van der Waals surface area (Å²) in [5.74, 6) is 1.21. The van der Waals surface area contributed by atoms with Crippen LogP contribution in [-0.2, 0) is 0 Å². The quantitative estimate of drug-likeness (QED) is 0.852. The van der Waals surface area contributed by atoms with Gasteiger partial charge in [0.05, 0.1) is 7.11 Å². The van der Waals surface area contributed by atoms with Crippen molar-refractivity contribution in [1.29, 1.82) is 0 Å². The van der Waals surface area contributed by atoms with Crippen LogP contribution in [0.3, 0.4) is 0 Å². The first-order chi connectivity index (χ1) is 9.63. The van der Waals surface area contributed by atoms with Gasteiger partial charge in [-0.3, -0.25) is 0 Å². The van der Waals surface area contributed by atoms with Crippen LogP contribution in [0.5, 0.6) is 5.75 Å². The number of thioether (sulfide) groups is 1. The van der Waals surface area contributed by atoms with Gasteiger partial charge in [0.25, 0.3) is 0 Å². The number of hydrogen-bond acceptors (Lipinski definition) is 3. The van der Waals surface area contributed by atoms with E-state index in [1.165, 1.54) is 32.1 Å². The van der Waals surface area contributed by atoms with Crippen LogP contribution in [-0.4, -0.2) is 24.2 Å². The first-order valence-corrected chi connectivity index (χ1v) is 8.40. The second-order valence-electron chi connectivity index (χ2n) is 5.37. The molecule has 3 unspecified atom stereocenters. The summed E-state index contributed by atoms with van der Waals surface area (Å²) in [7, 11) is 1.49. The molecule has 1 aliphatic rings. The lowest BCUT2D eigenvalue weighted by atomic mass is 10.1. The Labute approximate surface area is 125 Å². The Bertz CT molecular complexity index is 440. The summed E-state index contributed by atoms with van der Waals surface area (Å²) in [6, 6.07) is 5.94. The number of nitrogens with one attached hydrogen (secondary N) is 1. The summed E-state index contributed by atoms with van der Waals surface area (Å²) in [5, 5.41) is 4.42. The number of methoxy groups -OCH3 is 1. The van der Waals surface area contributed by atoms with E-state index < -0.39 is 0 Å². The van der Waals surface area contributed by atoms with Crippen LogP contribution < -0.4 is 10.1 Å². The van der Waals surface area contributed by atoms with Crippen LogP contribution in [0.15, 0.2) is 18.2 Å². The highest BCUT2D eigenvalue weighted by Crippen LogP contribution is 2.31. The SMILES string of the molecule is CCSC1CCC(NC(C)c2ccc(OC)c(F)c2)C1. The Hall–Kier alpha value is -0.740. The van der Waals surface area contributed by atoms with Crippen LogP contribution in [0.25, 0.3) is 0 Å². The van der Waals surface area contributed by atoms with Gasteiger partial charge in [-0.15, -0.1) is 0 Å². The molecule has 0 radical (unpaired) electrons. The molecule has 1 aliphatic carbocycles. The van der Waals surface area contributed by atoms with E-state index in [1.54, 1.807) is 12.1 Å². The van der Waals surface area contributed by atoms with Crippen LogP contribution in [0, 0.1) is 5.82 Å². The summed E-state index contributed by atoms with van der Waals surface area (Å²) in [5.41, 5.74) is 0.981. The lowest BCUT2D eigenvalue weighted by Gasteiger charge is -2.20. The molecule has 0 spiro atoms. The summed E-state index contributed by atoms with van der Waals surface area (Å²) >= 11 is 2.06. The maximum Gasteiger partial charge on any atom is 0.165 e. The van der Waals surface area contributed by atoms with E-state index in [-0.39, 0.29) is 11.9 Å². The topological polar surface area (TPSA) is 21.3 Å². The molecular formula is C16H24FNOS. The molecule has 1 fully saturated rings. The summed E-state index contributed by atoms with van der Waals surface area (Å²) in [6.45, 7) is 4.32. The van der Waals surface area contributed by atoms with Gasteiger partial charge in [0.1, 0.15) is 0 Å². The molecule has 112 valence electrons. The van der Waals surface area contributed by atoms with Crippen LogP contribution in [0.2, 0.25) is 0 Å². The molecule has 1 saturated carbocycles. The van der Waals surface area contributed by atoms with Crippen molar-refractivity contribution >= 4 is 11.8 Å². The van der Waals surface area contributed by atoms with E-state index in [1.807, 2.05) is 6.07 Å². The highest BCUT2D eigenvalue weighted by molar-refractivity contribution is 7.99. The minimum absolute atomic E-state index is 0.172. The van der Waals surface area contributed by atoms with Crippen molar-refractivity contribution in [2.75, 3.05) is 12.9 Å². The second-order valence-corrected chi connectivity index (χ2v) is 6.95.